The quantitative estimate of drug-likeness (QED) is 0.659. The van der Waals surface area contributed by atoms with E-state index in [0.29, 0.717) is 18.4 Å². The molecule has 3 nitrogen and oxygen atoms in total. The Morgan fingerprint density at radius 2 is 2.13 bits per heavy atom. The molecule has 0 heterocycles. The van der Waals surface area contributed by atoms with Gasteiger partial charge in [-0.25, -0.2) is 0 Å². The summed E-state index contributed by atoms with van der Waals surface area (Å²) < 4.78 is 5.17. The van der Waals surface area contributed by atoms with Gasteiger partial charge in [0.05, 0.1) is 0 Å². The van der Waals surface area contributed by atoms with E-state index < -0.39 is 0 Å². The molecule has 1 atom stereocenters. The third-order valence-corrected chi connectivity index (χ3v) is 2.55. The second kappa shape index (κ2) is 3.85. The standard InChI is InChI=1S/C12H12O3/c1-8(13)15-12-7-6-11(14)9-4-2-3-5-10(9)12/h2-5,12H,6-7H2,1H3/t12-/m1/s1. The zero-order valence-corrected chi connectivity index (χ0v) is 8.53. The highest BCUT2D eigenvalue weighted by atomic mass is 16.5. The molecule has 0 unspecified atom stereocenters. The van der Waals surface area contributed by atoms with Crippen LogP contribution in [0.4, 0.5) is 0 Å². The monoisotopic (exact) mass is 204 g/mol. The Hall–Kier alpha value is -1.64. The Morgan fingerprint density at radius 3 is 2.87 bits per heavy atom. The fourth-order valence-corrected chi connectivity index (χ4v) is 1.91. The van der Waals surface area contributed by atoms with E-state index in [9.17, 15) is 9.59 Å². The van der Waals surface area contributed by atoms with Gasteiger partial charge in [-0.1, -0.05) is 24.3 Å². The van der Waals surface area contributed by atoms with Gasteiger partial charge in [0.1, 0.15) is 6.10 Å². The Morgan fingerprint density at radius 1 is 1.40 bits per heavy atom. The number of hydrogen-bond donors (Lipinski definition) is 0. The van der Waals surface area contributed by atoms with Gasteiger partial charge in [0.15, 0.2) is 5.78 Å². The number of rotatable bonds is 1. The van der Waals surface area contributed by atoms with Crippen molar-refractivity contribution in [3.05, 3.63) is 35.4 Å². The smallest absolute Gasteiger partial charge is 0.303 e. The third-order valence-electron chi connectivity index (χ3n) is 2.55. The lowest BCUT2D eigenvalue weighted by atomic mass is 9.88. The second-order valence-electron chi connectivity index (χ2n) is 3.65. The SMILES string of the molecule is CC(=O)O[C@@H]1CCC(=O)c2ccccc21. The van der Waals surface area contributed by atoms with Gasteiger partial charge in [-0.15, -0.1) is 0 Å². The molecular formula is C12H12O3. The lowest BCUT2D eigenvalue weighted by Crippen LogP contribution is -2.19. The van der Waals surface area contributed by atoms with Crippen molar-refractivity contribution < 1.29 is 14.3 Å². The normalized spacial score (nSPS) is 19.5. The Bertz CT molecular complexity index is 409. The van der Waals surface area contributed by atoms with Crippen LogP contribution in [0.25, 0.3) is 0 Å². The second-order valence-corrected chi connectivity index (χ2v) is 3.65. The first-order chi connectivity index (χ1) is 7.18. The molecule has 0 aromatic heterocycles. The fraction of sp³-hybridized carbons (Fsp3) is 0.333. The van der Waals surface area contributed by atoms with Crippen molar-refractivity contribution in [2.75, 3.05) is 0 Å². The van der Waals surface area contributed by atoms with Crippen molar-refractivity contribution in [1.29, 1.82) is 0 Å². The minimum absolute atomic E-state index is 0.133. The molecule has 0 radical (unpaired) electrons. The zero-order chi connectivity index (χ0) is 10.8. The lowest BCUT2D eigenvalue weighted by Gasteiger charge is -2.23. The summed E-state index contributed by atoms with van der Waals surface area (Å²) >= 11 is 0. The number of carbonyl (C=O) groups is 2. The summed E-state index contributed by atoms with van der Waals surface area (Å²) in [5.74, 6) is -0.168. The predicted octanol–water partition coefficient (Wildman–Crippen LogP) is 2.27. The van der Waals surface area contributed by atoms with Gasteiger partial charge in [-0.2, -0.15) is 0 Å². The maximum Gasteiger partial charge on any atom is 0.303 e. The summed E-state index contributed by atoms with van der Waals surface area (Å²) in [6.45, 7) is 1.39. The molecular weight excluding hydrogens is 192 g/mol. The van der Waals surface area contributed by atoms with Crippen LogP contribution in [0, 0.1) is 0 Å². The average Bonchev–Trinajstić information content (AvgIpc) is 2.22. The molecule has 15 heavy (non-hydrogen) atoms. The van der Waals surface area contributed by atoms with Crippen LogP contribution >= 0.6 is 0 Å². The zero-order valence-electron chi connectivity index (χ0n) is 8.53. The molecule has 1 aliphatic rings. The molecule has 1 aromatic rings. The molecule has 1 aromatic carbocycles. The summed E-state index contributed by atoms with van der Waals surface area (Å²) in [5, 5.41) is 0. The molecule has 0 saturated heterocycles. The summed E-state index contributed by atoms with van der Waals surface area (Å²) in [6, 6.07) is 7.31. The molecule has 0 amide bonds. The van der Waals surface area contributed by atoms with Crippen LogP contribution in [0.5, 0.6) is 0 Å². The van der Waals surface area contributed by atoms with Gasteiger partial charge < -0.3 is 4.74 Å². The highest BCUT2D eigenvalue weighted by Gasteiger charge is 2.26. The van der Waals surface area contributed by atoms with E-state index in [0.717, 1.165) is 5.56 Å². The Kier molecular flexibility index (Phi) is 2.54. The van der Waals surface area contributed by atoms with E-state index in [1.165, 1.54) is 6.92 Å². The van der Waals surface area contributed by atoms with E-state index >= 15 is 0 Å². The van der Waals surface area contributed by atoms with Crippen LogP contribution in [0.3, 0.4) is 0 Å². The fourth-order valence-electron chi connectivity index (χ4n) is 1.91. The molecule has 3 heteroatoms. The van der Waals surface area contributed by atoms with Crippen LogP contribution in [0.1, 0.15) is 41.8 Å². The molecule has 0 fully saturated rings. The minimum atomic E-state index is -0.302. The van der Waals surface area contributed by atoms with Crippen molar-refractivity contribution in [3.8, 4) is 0 Å². The summed E-state index contributed by atoms with van der Waals surface area (Å²) in [5.41, 5.74) is 1.53. The van der Waals surface area contributed by atoms with E-state index in [1.54, 1.807) is 6.07 Å². The van der Waals surface area contributed by atoms with Crippen LogP contribution in [0.15, 0.2) is 24.3 Å². The van der Waals surface area contributed by atoms with Crippen LogP contribution < -0.4 is 0 Å². The summed E-state index contributed by atoms with van der Waals surface area (Å²) in [4.78, 5) is 22.5. The van der Waals surface area contributed by atoms with Crippen molar-refractivity contribution in [3.63, 3.8) is 0 Å². The van der Waals surface area contributed by atoms with Crippen molar-refractivity contribution in [2.45, 2.75) is 25.9 Å². The number of ketones is 1. The van der Waals surface area contributed by atoms with Crippen molar-refractivity contribution in [2.24, 2.45) is 0 Å². The predicted molar refractivity (Wildman–Crippen MR) is 54.5 cm³/mol. The molecule has 0 saturated carbocycles. The highest BCUT2D eigenvalue weighted by molar-refractivity contribution is 5.98. The Balaban J connectivity index is 2.36. The number of Topliss-reactive ketones (excluding diaryl/α,β-unsaturated/α-hetero) is 1. The number of carbonyl (C=O) groups excluding carboxylic acids is 2. The van der Waals surface area contributed by atoms with Gasteiger partial charge >= 0.3 is 5.97 Å². The van der Waals surface area contributed by atoms with Gasteiger partial charge in [-0.05, 0) is 6.42 Å². The largest absolute Gasteiger partial charge is 0.458 e. The minimum Gasteiger partial charge on any atom is -0.458 e. The van der Waals surface area contributed by atoms with Crippen LogP contribution in [-0.4, -0.2) is 11.8 Å². The molecule has 78 valence electrons. The first-order valence-corrected chi connectivity index (χ1v) is 4.98. The number of fused-ring (bicyclic) bond motifs is 1. The number of esters is 1. The molecule has 1 aliphatic carbocycles. The first kappa shape index (κ1) is 9.90. The number of hydrogen-bond acceptors (Lipinski definition) is 3. The number of ether oxygens (including phenoxy) is 1. The topological polar surface area (TPSA) is 43.4 Å². The lowest BCUT2D eigenvalue weighted by molar-refractivity contribution is -0.147. The van der Waals surface area contributed by atoms with Gasteiger partial charge in [-0.3, -0.25) is 9.59 Å². The molecule has 2 rings (SSSR count). The summed E-state index contributed by atoms with van der Waals surface area (Å²) in [7, 11) is 0. The van der Waals surface area contributed by atoms with Crippen LogP contribution in [-0.2, 0) is 9.53 Å². The van der Waals surface area contributed by atoms with E-state index in [-0.39, 0.29) is 17.9 Å². The van der Waals surface area contributed by atoms with Gasteiger partial charge in [0.2, 0.25) is 0 Å². The van der Waals surface area contributed by atoms with E-state index in [1.807, 2.05) is 18.2 Å². The molecule has 0 bridgehead atoms. The molecule has 0 N–H and O–H groups in total. The molecule has 0 aliphatic heterocycles. The average molecular weight is 204 g/mol. The maximum absolute atomic E-state index is 11.6. The van der Waals surface area contributed by atoms with Crippen LogP contribution in [0.2, 0.25) is 0 Å². The van der Waals surface area contributed by atoms with Gasteiger partial charge in [0, 0.05) is 24.5 Å². The maximum atomic E-state index is 11.6. The van der Waals surface area contributed by atoms with Gasteiger partial charge in [0.25, 0.3) is 0 Å². The third kappa shape index (κ3) is 1.91. The van der Waals surface area contributed by atoms with Crippen molar-refractivity contribution in [1.82, 2.24) is 0 Å². The molecule has 0 spiro atoms. The van der Waals surface area contributed by atoms with Crippen molar-refractivity contribution >= 4 is 11.8 Å². The Labute approximate surface area is 88.1 Å². The summed E-state index contributed by atoms with van der Waals surface area (Å²) in [6.07, 6.45) is 0.793. The number of benzene rings is 1. The van der Waals surface area contributed by atoms with E-state index in [2.05, 4.69) is 0 Å². The van der Waals surface area contributed by atoms with E-state index in [4.69, 9.17) is 4.74 Å². The highest BCUT2D eigenvalue weighted by Crippen LogP contribution is 2.32. The first-order valence-electron chi connectivity index (χ1n) is 4.98.